The number of carbonyl (C=O) groups is 2. The highest BCUT2D eigenvalue weighted by atomic mass is 32.2. The van der Waals surface area contributed by atoms with Gasteiger partial charge in [0.25, 0.3) is 10.0 Å². The first-order valence-electron chi connectivity index (χ1n) is 7.88. The average Bonchev–Trinajstić information content (AvgIpc) is 2.60. The molecule has 2 aromatic rings. The molecular weight excluding hydrogens is 372 g/mol. The quantitative estimate of drug-likeness (QED) is 0.756. The molecule has 0 spiro atoms. The number of sulfonamides is 1. The molecule has 8 heteroatoms. The lowest BCUT2D eigenvalue weighted by molar-refractivity contribution is -0.117. The molecule has 26 heavy (non-hydrogen) atoms. The van der Waals surface area contributed by atoms with E-state index in [0.717, 1.165) is 18.2 Å². The summed E-state index contributed by atoms with van der Waals surface area (Å²) in [7, 11) is -3.88. The van der Waals surface area contributed by atoms with Gasteiger partial charge >= 0.3 is 0 Å². The van der Waals surface area contributed by atoms with Gasteiger partial charge in [0.2, 0.25) is 11.8 Å². The second kappa shape index (κ2) is 8.86. The topological polar surface area (TPSA) is 92.3 Å². The van der Waals surface area contributed by atoms with Crippen molar-refractivity contribution in [3.05, 3.63) is 60.2 Å². The standard InChI is InChI=1S/C18H20N2O4S2/c1-13(25-12-15-6-4-3-5-7-15)18(22)19-16-8-10-17(11-9-16)26(23,24)20-14(2)21/h3-11,13H,12H2,1-2H3,(H,19,22)(H,20,21). The predicted octanol–water partition coefficient (Wildman–Crippen LogP) is 2.77. The molecule has 0 bridgehead atoms. The first-order chi connectivity index (χ1) is 12.3. The summed E-state index contributed by atoms with van der Waals surface area (Å²) in [5.74, 6) is -0.0985. The van der Waals surface area contributed by atoms with Crippen LogP contribution in [0.15, 0.2) is 59.5 Å². The van der Waals surface area contributed by atoms with E-state index in [1.54, 1.807) is 0 Å². The van der Waals surface area contributed by atoms with E-state index in [0.29, 0.717) is 5.69 Å². The van der Waals surface area contributed by atoms with Crippen molar-refractivity contribution in [1.82, 2.24) is 4.72 Å². The highest BCUT2D eigenvalue weighted by Crippen LogP contribution is 2.20. The summed E-state index contributed by atoms with van der Waals surface area (Å²) in [6.45, 7) is 2.94. The van der Waals surface area contributed by atoms with E-state index in [1.807, 2.05) is 42.0 Å². The van der Waals surface area contributed by atoms with Crippen molar-refractivity contribution in [3.63, 3.8) is 0 Å². The van der Waals surface area contributed by atoms with Crippen LogP contribution in [-0.4, -0.2) is 25.5 Å². The Balaban J connectivity index is 1.93. The Morgan fingerprint density at radius 3 is 2.23 bits per heavy atom. The highest BCUT2D eigenvalue weighted by molar-refractivity contribution is 7.99. The summed E-state index contributed by atoms with van der Waals surface area (Å²) in [4.78, 5) is 23.1. The number of rotatable bonds is 7. The summed E-state index contributed by atoms with van der Waals surface area (Å²) >= 11 is 1.52. The van der Waals surface area contributed by atoms with E-state index >= 15 is 0 Å². The maximum atomic E-state index is 12.3. The Labute approximate surface area is 157 Å². The largest absolute Gasteiger partial charge is 0.325 e. The van der Waals surface area contributed by atoms with Crippen LogP contribution >= 0.6 is 11.8 Å². The summed E-state index contributed by atoms with van der Waals surface area (Å²) in [5.41, 5.74) is 1.63. The van der Waals surface area contributed by atoms with Gasteiger partial charge in [-0.1, -0.05) is 30.3 Å². The first-order valence-corrected chi connectivity index (χ1v) is 10.4. The third-order valence-electron chi connectivity index (χ3n) is 3.42. The summed E-state index contributed by atoms with van der Waals surface area (Å²) in [5, 5.41) is 2.49. The van der Waals surface area contributed by atoms with Crippen LogP contribution in [0.25, 0.3) is 0 Å². The molecule has 0 saturated carbocycles. The van der Waals surface area contributed by atoms with Crippen LogP contribution in [0, 0.1) is 0 Å². The summed E-state index contributed by atoms with van der Waals surface area (Å²) in [6.07, 6.45) is 0. The Morgan fingerprint density at radius 2 is 1.65 bits per heavy atom. The number of carbonyl (C=O) groups excluding carboxylic acids is 2. The lowest BCUT2D eigenvalue weighted by Gasteiger charge is -2.12. The van der Waals surface area contributed by atoms with Gasteiger partial charge in [-0.15, -0.1) is 11.8 Å². The number of hydrogen-bond donors (Lipinski definition) is 2. The fraction of sp³-hybridized carbons (Fsp3) is 0.222. The van der Waals surface area contributed by atoms with Crippen LogP contribution in [0.3, 0.4) is 0 Å². The van der Waals surface area contributed by atoms with Crippen LogP contribution in [-0.2, 0) is 25.4 Å². The van der Waals surface area contributed by atoms with E-state index in [-0.39, 0.29) is 16.1 Å². The lowest BCUT2D eigenvalue weighted by atomic mass is 10.2. The van der Waals surface area contributed by atoms with Gasteiger partial charge in [-0.2, -0.15) is 0 Å². The molecule has 2 N–H and O–H groups in total. The average molecular weight is 393 g/mol. The van der Waals surface area contributed by atoms with Crippen molar-refractivity contribution in [3.8, 4) is 0 Å². The molecule has 1 unspecified atom stereocenters. The molecule has 0 aromatic heterocycles. The van der Waals surface area contributed by atoms with E-state index in [4.69, 9.17) is 0 Å². The minimum Gasteiger partial charge on any atom is -0.325 e. The third kappa shape index (κ3) is 5.89. The van der Waals surface area contributed by atoms with Gasteiger partial charge in [0.15, 0.2) is 0 Å². The minimum atomic E-state index is -3.88. The van der Waals surface area contributed by atoms with Crippen LogP contribution in [0.2, 0.25) is 0 Å². The van der Waals surface area contributed by atoms with E-state index in [1.165, 1.54) is 36.0 Å². The molecule has 2 amide bonds. The van der Waals surface area contributed by atoms with Gasteiger partial charge in [-0.05, 0) is 36.8 Å². The third-order valence-corrected chi connectivity index (χ3v) is 6.09. The fourth-order valence-corrected chi connectivity index (χ4v) is 3.92. The molecule has 2 aromatic carbocycles. The normalized spacial score (nSPS) is 12.2. The first kappa shape index (κ1) is 20.0. The van der Waals surface area contributed by atoms with Crippen molar-refractivity contribution in [1.29, 1.82) is 0 Å². The number of hydrogen-bond acceptors (Lipinski definition) is 5. The number of thioether (sulfide) groups is 1. The monoisotopic (exact) mass is 392 g/mol. The highest BCUT2D eigenvalue weighted by Gasteiger charge is 2.17. The second-order valence-corrected chi connectivity index (χ2v) is 8.63. The molecule has 2 rings (SSSR count). The maximum Gasteiger partial charge on any atom is 0.264 e. The van der Waals surface area contributed by atoms with Crippen LogP contribution in [0.5, 0.6) is 0 Å². The number of amides is 2. The number of anilines is 1. The van der Waals surface area contributed by atoms with Crippen molar-refractivity contribution in [2.75, 3.05) is 5.32 Å². The second-order valence-electron chi connectivity index (χ2n) is 5.61. The molecule has 0 aliphatic carbocycles. The maximum absolute atomic E-state index is 12.3. The van der Waals surface area contributed by atoms with Crippen LogP contribution in [0.1, 0.15) is 19.4 Å². The van der Waals surface area contributed by atoms with Gasteiger partial charge in [-0.25, -0.2) is 13.1 Å². The zero-order valence-electron chi connectivity index (χ0n) is 14.4. The Morgan fingerprint density at radius 1 is 1.04 bits per heavy atom. The van der Waals surface area contributed by atoms with Gasteiger partial charge in [0.1, 0.15) is 0 Å². The van der Waals surface area contributed by atoms with Crippen molar-refractivity contribution in [2.24, 2.45) is 0 Å². The molecular formula is C18H20N2O4S2. The van der Waals surface area contributed by atoms with Gasteiger partial charge in [-0.3, -0.25) is 9.59 Å². The fourth-order valence-electron chi connectivity index (χ4n) is 2.08. The molecule has 0 fully saturated rings. The molecule has 0 aliphatic heterocycles. The van der Waals surface area contributed by atoms with Crippen LogP contribution in [0.4, 0.5) is 5.69 Å². The summed E-state index contributed by atoms with van der Waals surface area (Å²) < 4.78 is 25.7. The van der Waals surface area contributed by atoms with Gasteiger partial charge in [0, 0.05) is 18.4 Å². The van der Waals surface area contributed by atoms with Crippen LogP contribution < -0.4 is 10.0 Å². The minimum absolute atomic E-state index is 0.0443. The molecule has 138 valence electrons. The molecule has 0 aliphatic rings. The van der Waals surface area contributed by atoms with Gasteiger partial charge < -0.3 is 5.32 Å². The Kier molecular flexibility index (Phi) is 6.82. The SMILES string of the molecule is CC(=O)NS(=O)(=O)c1ccc(NC(=O)C(C)SCc2ccccc2)cc1. The zero-order chi connectivity index (χ0) is 19.2. The van der Waals surface area contributed by atoms with E-state index in [2.05, 4.69) is 5.32 Å². The van der Waals surface area contributed by atoms with Gasteiger partial charge in [0.05, 0.1) is 10.1 Å². The number of benzene rings is 2. The van der Waals surface area contributed by atoms with Crippen molar-refractivity contribution < 1.29 is 18.0 Å². The number of nitrogens with one attached hydrogen (secondary N) is 2. The smallest absolute Gasteiger partial charge is 0.264 e. The predicted molar refractivity (Wildman–Crippen MR) is 103 cm³/mol. The van der Waals surface area contributed by atoms with Crippen molar-refractivity contribution >= 4 is 39.3 Å². The molecule has 0 saturated heterocycles. The summed E-state index contributed by atoms with van der Waals surface area (Å²) in [6, 6.07) is 15.5. The van der Waals surface area contributed by atoms with E-state index in [9.17, 15) is 18.0 Å². The molecule has 6 nitrogen and oxygen atoms in total. The van der Waals surface area contributed by atoms with Crippen molar-refractivity contribution in [2.45, 2.75) is 29.7 Å². The zero-order valence-corrected chi connectivity index (χ0v) is 16.1. The van der Waals surface area contributed by atoms with E-state index < -0.39 is 15.9 Å². The molecule has 0 heterocycles. The molecule has 0 radical (unpaired) electrons. The Bertz CT molecular complexity index is 866. The molecule has 1 atom stereocenters. The Hall–Kier alpha value is -2.32. The lowest BCUT2D eigenvalue weighted by Crippen LogP contribution is -2.28.